The number of hydrogen-bond acceptors (Lipinski definition) is 8. The summed E-state index contributed by atoms with van der Waals surface area (Å²) in [6.45, 7) is 0.953. The zero-order valence-corrected chi connectivity index (χ0v) is 24.2. The minimum atomic E-state index is -3.30. The van der Waals surface area contributed by atoms with Crippen molar-refractivity contribution in [3.8, 4) is 5.75 Å². The fourth-order valence-electron chi connectivity index (χ4n) is 5.72. The van der Waals surface area contributed by atoms with E-state index in [-0.39, 0.29) is 31.2 Å². The van der Waals surface area contributed by atoms with E-state index in [2.05, 4.69) is 15.2 Å². The Hall–Kier alpha value is -2.27. The summed E-state index contributed by atoms with van der Waals surface area (Å²) >= 11 is 6.50. The molecule has 2 aliphatic rings. The summed E-state index contributed by atoms with van der Waals surface area (Å²) in [6, 6.07) is 5.54. The molecule has 0 amide bonds. The Morgan fingerprint density at radius 1 is 1.23 bits per heavy atom. The minimum Gasteiger partial charge on any atom is -0.495 e. The number of rotatable bonds is 10. The van der Waals surface area contributed by atoms with Gasteiger partial charge in [0.25, 0.3) is 0 Å². The molecule has 0 unspecified atom stereocenters. The van der Waals surface area contributed by atoms with Gasteiger partial charge in [-0.05, 0) is 69.3 Å². The van der Waals surface area contributed by atoms with Gasteiger partial charge in [-0.1, -0.05) is 37.9 Å². The predicted molar refractivity (Wildman–Crippen MR) is 156 cm³/mol. The van der Waals surface area contributed by atoms with Crippen molar-refractivity contribution < 1.29 is 17.9 Å². The van der Waals surface area contributed by atoms with E-state index >= 15 is 0 Å². The maximum Gasteiger partial charge on any atom is 0.227 e. The van der Waals surface area contributed by atoms with Crippen LogP contribution >= 0.6 is 11.6 Å². The van der Waals surface area contributed by atoms with E-state index in [4.69, 9.17) is 21.3 Å². The molecule has 2 fully saturated rings. The molecule has 1 aromatic heterocycles. The van der Waals surface area contributed by atoms with Crippen molar-refractivity contribution in [2.24, 2.45) is 5.92 Å². The number of sulfonamides is 1. The number of methoxy groups -OCH3 is 1. The smallest absolute Gasteiger partial charge is 0.227 e. The number of carbonyl (C=O) groups excluding carboxylic acids is 1. The highest BCUT2D eigenvalue weighted by Crippen LogP contribution is 2.34. The molecule has 2 heterocycles. The van der Waals surface area contributed by atoms with Crippen molar-refractivity contribution in [2.45, 2.75) is 70.9 Å². The monoisotopic (exact) mass is 579 g/mol. The third-order valence-corrected chi connectivity index (χ3v) is 9.54. The van der Waals surface area contributed by atoms with E-state index in [1.54, 1.807) is 20.4 Å². The molecule has 1 aliphatic heterocycles. The summed E-state index contributed by atoms with van der Waals surface area (Å²) < 4.78 is 31.5. The van der Waals surface area contributed by atoms with Crippen LogP contribution in [0.5, 0.6) is 5.75 Å². The van der Waals surface area contributed by atoms with Gasteiger partial charge in [0.15, 0.2) is 5.78 Å². The van der Waals surface area contributed by atoms with Crippen LogP contribution in [0.25, 0.3) is 0 Å². The lowest BCUT2D eigenvalue weighted by Crippen LogP contribution is -2.43. The van der Waals surface area contributed by atoms with Gasteiger partial charge < -0.3 is 10.1 Å². The Morgan fingerprint density at radius 3 is 2.64 bits per heavy atom. The summed E-state index contributed by atoms with van der Waals surface area (Å²) in [5.74, 6) is 1.31. The Bertz CT molecular complexity index is 1260. The van der Waals surface area contributed by atoms with Crippen molar-refractivity contribution in [3.05, 3.63) is 40.7 Å². The first-order chi connectivity index (χ1) is 18.1. The molecule has 216 valence electrons. The summed E-state index contributed by atoms with van der Waals surface area (Å²) in [5.41, 5.74) is 2.23. The summed E-state index contributed by atoms with van der Waals surface area (Å²) in [5, 5.41) is 3.70. The topological polar surface area (TPSA) is 105 Å². The van der Waals surface area contributed by atoms with Crippen LogP contribution in [0.1, 0.15) is 57.2 Å². The first-order valence-corrected chi connectivity index (χ1v) is 15.4. The van der Waals surface area contributed by atoms with E-state index in [1.165, 1.54) is 10.6 Å². The first-order valence-electron chi connectivity index (χ1n) is 13.2. The van der Waals surface area contributed by atoms with E-state index in [9.17, 15) is 13.2 Å². The molecular weight excluding hydrogens is 538 g/mol. The highest BCUT2D eigenvalue weighted by atomic mass is 35.5. The number of halogens is 1. The number of Topliss-reactive ketones (excluding diaryl/α,β-unsaturated/α-hetero) is 1. The molecule has 0 spiro atoms. The molecule has 4 rings (SSSR count). The van der Waals surface area contributed by atoms with Gasteiger partial charge in [-0.2, -0.15) is 0 Å². The largest absolute Gasteiger partial charge is 0.495 e. The quantitative estimate of drug-likeness (QED) is 0.431. The summed E-state index contributed by atoms with van der Waals surface area (Å²) in [4.78, 5) is 24.1. The Labute approximate surface area is 238 Å². The second kappa shape index (κ2) is 13.4. The average Bonchev–Trinajstić information content (AvgIpc) is 3.31. The molecule has 1 saturated carbocycles. The molecule has 3 atom stereocenters. The lowest BCUT2D eigenvalue weighted by Gasteiger charge is -2.36. The molecule has 1 saturated heterocycles. The number of aromatic nitrogens is 2. The Morgan fingerprint density at radius 2 is 1.97 bits per heavy atom. The number of likely N-dealkylation sites (tertiary alicyclic amines) is 1. The highest BCUT2D eigenvalue weighted by molar-refractivity contribution is 7.88. The predicted octanol–water partition coefficient (Wildman–Crippen LogP) is 4.72. The number of nitrogens with one attached hydrogen (secondary N) is 1. The van der Waals surface area contributed by atoms with E-state index < -0.39 is 10.0 Å². The van der Waals surface area contributed by atoms with Crippen molar-refractivity contribution in [3.63, 3.8) is 0 Å². The van der Waals surface area contributed by atoms with Crippen molar-refractivity contribution in [1.29, 1.82) is 0 Å². The highest BCUT2D eigenvalue weighted by Gasteiger charge is 2.33. The SMILES string of the molecule is C.COc1ccc(CC(=O)[C@@H]2CCCN2C)cc1Nc1ncc(Cl)c(C[C@@H]2CCCC[C@H]2N(C)S(C)(=O)=O)n1. The van der Waals surface area contributed by atoms with Crippen LogP contribution < -0.4 is 10.1 Å². The molecular formula is C28H42ClN5O4S. The molecule has 0 radical (unpaired) electrons. The minimum absolute atomic E-state index is 0. The van der Waals surface area contributed by atoms with Crippen molar-refractivity contribution in [2.75, 3.05) is 39.3 Å². The van der Waals surface area contributed by atoms with Gasteiger partial charge in [0.1, 0.15) is 5.75 Å². The molecule has 1 N–H and O–H groups in total. The van der Waals surface area contributed by atoms with Crippen LogP contribution in [0, 0.1) is 5.92 Å². The third kappa shape index (κ3) is 7.68. The van der Waals surface area contributed by atoms with Crippen molar-refractivity contribution in [1.82, 2.24) is 19.2 Å². The van der Waals surface area contributed by atoms with Crippen LogP contribution in [0.3, 0.4) is 0 Å². The van der Waals surface area contributed by atoms with Crippen LogP contribution in [-0.2, 0) is 27.7 Å². The van der Waals surface area contributed by atoms with Crippen LogP contribution in [-0.4, -0.2) is 79.5 Å². The van der Waals surface area contributed by atoms with E-state index in [1.807, 2.05) is 25.2 Å². The van der Waals surface area contributed by atoms with Gasteiger partial charge in [0.2, 0.25) is 16.0 Å². The van der Waals surface area contributed by atoms with Gasteiger partial charge >= 0.3 is 0 Å². The number of benzene rings is 1. The number of anilines is 2. The Kier molecular flexibility index (Phi) is 10.7. The summed E-state index contributed by atoms with van der Waals surface area (Å²) in [7, 11) is 1.95. The van der Waals surface area contributed by atoms with E-state index in [0.29, 0.717) is 40.9 Å². The zero-order valence-electron chi connectivity index (χ0n) is 22.6. The normalized spacial score (nSPS) is 21.9. The number of likely N-dealkylation sites (N-methyl/N-ethyl adjacent to an activating group) is 1. The molecule has 1 aromatic carbocycles. The molecule has 0 bridgehead atoms. The number of hydrogen-bond donors (Lipinski definition) is 1. The van der Waals surface area contributed by atoms with Crippen LogP contribution in [0.2, 0.25) is 5.02 Å². The van der Waals surface area contributed by atoms with Crippen LogP contribution in [0.15, 0.2) is 24.4 Å². The number of nitrogens with zero attached hydrogens (tertiary/aromatic N) is 4. The number of carbonyl (C=O) groups is 1. The molecule has 1 aliphatic carbocycles. The van der Waals surface area contributed by atoms with Crippen LogP contribution in [0.4, 0.5) is 11.6 Å². The standard InChI is InChI=1S/C27H38ClN5O4S.CH4/c1-32-13-7-10-24(32)25(34)15-18-11-12-26(37-3)22(14-18)31-27-29-17-20(28)21(30-27)16-19-8-5-6-9-23(19)33(2)38(4,35)36;/h11-12,14,17,19,23-24H,5-10,13,15-16H2,1-4H3,(H,29,30,31);1H4/t19-,23+,24-;/m0./s1. The molecule has 2 aromatic rings. The maximum absolute atomic E-state index is 12.9. The average molecular weight is 580 g/mol. The second-order valence-electron chi connectivity index (χ2n) is 10.5. The lowest BCUT2D eigenvalue weighted by atomic mass is 9.81. The molecule has 39 heavy (non-hydrogen) atoms. The fourth-order valence-corrected chi connectivity index (χ4v) is 6.66. The number of ether oxygens (including phenoxy) is 1. The zero-order chi connectivity index (χ0) is 27.4. The molecule has 11 heteroatoms. The fraction of sp³-hybridized carbons (Fsp3) is 0.607. The lowest BCUT2D eigenvalue weighted by molar-refractivity contribution is -0.122. The number of ketones is 1. The second-order valence-corrected chi connectivity index (χ2v) is 13.0. The van der Waals surface area contributed by atoms with Gasteiger partial charge in [-0.3, -0.25) is 9.69 Å². The van der Waals surface area contributed by atoms with Gasteiger partial charge in [-0.15, -0.1) is 0 Å². The molecule has 9 nitrogen and oxygen atoms in total. The summed E-state index contributed by atoms with van der Waals surface area (Å²) in [6.07, 6.45) is 9.45. The first kappa shape index (κ1) is 31.3. The van der Waals surface area contributed by atoms with E-state index in [0.717, 1.165) is 50.6 Å². The van der Waals surface area contributed by atoms with Gasteiger partial charge in [0, 0.05) is 19.5 Å². The maximum atomic E-state index is 12.9. The van der Waals surface area contributed by atoms with Gasteiger partial charge in [0.05, 0.1) is 42.0 Å². The Balaban J connectivity index is 0.00000420. The van der Waals surface area contributed by atoms with Gasteiger partial charge in [-0.25, -0.2) is 22.7 Å². The third-order valence-electron chi connectivity index (χ3n) is 7.91. The van der Waals surface area contributed by atoms with Crippen molar-refractivity contribution >= 4 is 39.0 Å².